The number of likely N-dealkylation sites (tertiary alicyclic amines) is 1. The summed E-state index contributed by atoms with van der Waals surface area (Å²) in [5.74, 6) is -0.950. The lowest BCUT2D eigenvalue weighted by molar-refractivity contribution is -0.142. The van der Waals surface area contributed by atoms with Crippen LogP contribution < -0.4 is 5.43 Å². The Hall–Kier alpha value is -2.74. The zero-order chi connectivity index (χ0) is 19.7. The van der Waals surface area contributed by atoms with Gasteiger partial charge in [-0.2, -0.15) is 0 Å². The van der Waals surface area contributed by atoms with E-state index >= 15 is 0 Å². The Kier molecular flexibility index (Phi) is 5.13. The summed E-state index contributed by atoms with van der Waals surface area (Å²) in [7, 11) is 1.54. The van der Waals surface area contributed by atoms with E-state index in [1.807, 2.05) is 41.4 Å². The molecule has 2 saturated heterocycles. The number of hydrogen-bond donors (Lipinski definition) is 2. The standard InChI is InChI=1S/C21H23N3O4/c1-28-12-11-23-20(26)17-18(15-9-5-6-10-16(15)25)22-24(19(17)21(23)27)13-14-7-3-2-4-8-14/h2-10,17-19,22,25H,11-13H2,1H3/t17-,18+,19-/m0/s1. The van der Waals surface area contributed by atoms with E-state index in [1.54, 1.807) is 25.3 Å². The predicted molar refractivity (Wildman–Crippen MR) is 102 cm³/mol. The number of para-hydroxylation sites is 1. The summed E-state index contributed by atoms with van der Waals surface area (Å²) in [6, 6.07) is 15.6. The molecule has 146 valence electrons. The second-order valence-corrected chi connectivity index (χ2v) is 7.07. The van der Waals surface area contributed by atoms with E-state index in [-0.39, 0.29) is 24.1 Å². The normalized spacial score (nSPS) is 24.8. The first-order valence-electron chi connectivity index (χ1n) is 9.30. The fraction of sp³-hybridized carbons (Fsp3) is 0.333. The highest BCUT2D eigenvalue weighted by atomic mass is 16.5. The molecule has 2 aromatic rings. The maximum atomic E-state index is 13.1. The molecule has 28 heavy (non-hydrogen) atoms. The van der Waals surface area contributed by atoms with Crippen LogP contribution in [0.15, 0.2) is 54.6 Å². The third-order valence-electron chi connectivity index (χ3n) is 5.40. The smallest absolute Gasteiger partial charge is 0.248 e. The van der Waals surface area contributed by atoms with E-state index in [1.165, 1.54) is 4.90 Å². The number of fused-ring (bicyclic) bond motifs is 1. The minimum Gasteiger partial charge on any atom is -0.508 e. The maximum absolute atomic E-state index is 13.1. The maximum Gasteiger partial charge on any atom is 0.248 e. The number of methoxy groups -OCH3 is 1. The van der Waals surface area contributed by atoms with Crippen molar-refractivity contribution in [3.63, 3.8) is 0 Å². The average Bonchev–Trinajstić information content (AvgIpc) is 3.18. The molecule has 0 saturated carbocycles. The highest BCUT2D eigenvalue weighted by Gasteiger charge is 2.58. The van der Waals surface area contributed by atoms with Crippen LogP contribution >= 0.6 is 0 Å². The van der Waals surface area contributed by atoms with Crippen LogP contribution in [-0.4, -0.2) is 53.1 Å². The fourth-order valence-electron chi connectivity index (χ4n) is 4.07. The lowest BCUT2D eigenvalue weighted by Gasteiger charge is -2.25. The number of rotatable bonds is 6. The van der Waals surface area contributed by atoms with Gasteiger partial charge in [-0.25, -0.2) is 10.4 Å². The summed E-state index contributed by atoms with van der Waals surface area (Å²) in [6.07, 6.45) is 0. The number of carbonyl (C=O) groups is 2. The van der Waals surface area contributed by atoms with Gasteiger partial charge in [0.15, 0.2) is 0 Å². The van der Waals surface area contributed by atoms with Gasteiger partial charge in [0.25, 0.3) is 0 Å². The van der Waals surface area contributed by atoms with Crippen LogP contribution in [0.3, 0.4) is 0 Å². The minimum absolute atomic E-state index is 0.107. The summed E-state index contributed by atoms with van der Waals surface area (Å²) in [5.41, 5.74) is 4.95. The summed E-state index contributed by atoms with van der Waals surface area (Å²) in [5, 5.41) is 12.2. The van der Waals surface area contributed by atoms with Gasteiger partial charge in [0.2, 0.25) is 11.8 Å². The second-order valence-electron chi connectivity index (χ2n) is 7.07. The molecule has 2 aromatic carbocycles. The summed E-state index contributed by atoms with van der Waals surface area (Å²) in [6.45, 7) is 1.00. The Morgan fingerprint density at radius 1 is 1.04 bits per heavy atom. The van der Waals surface area contributed by atoms with Crippen molar-refractivity contribution in [1.29, 1.82) is 0 Å². The number of ether oxygens (including phenoxy) is 1. The van der Waals surface area contributed by atoms with Gasteiger partial charge in [0.1, 0.15) is 11.8 Å². The molecule has 0 aliphatic carbocycles. The molecule has 2 amide bonds. The zero-order valence-corrected chi connectivity index (χ0v) is 15.6. The molecule has 2 aliphatic rings. The highest BCUT2D eigenvalue weighted by molar-refractivity contribution is 6.08. The largest absolute Gasteiger partial charge is 0.508 e. The molecular formula is C21H23N3O4. The summed E-state index contributed by atoms with van der Waals surface area (Å²) < 4.78 is 5.06. The van der Waals surface area contributed by atoms with Crippen LogP contribution in [-0.2, 0) is 20.9 Å². The first kappa shape index (κ1) is 18.6. The Labute approximate surface area is 163 Å². The van der Waals surface area contributed by atoms with Gasteiger partial charge in [-0.05, 0) is 11.6 Å². The Morgan fingerprint density at radius 3 is 2.46 bits per heavy atom. The fourth-order valence-corrected chi connectivity index (χ4v) is 4.07. The number of hydrazine groups is 1. The van der Waals surface area contributed by atoms with Crippen molar-refractivity contribution < 1.29 is 19.4 Å². The van der Waals surface area contributed by atoms with Crippen molar-refractivity contribution in [1.82, 2.24) is 15.3 Å². The van der Waals surface area contributed by atoms with Crippen molar-refractivity contribution in [2.24, 2.45) is 5.92 Å². The van der Waals surface area contributed by atoms with Gasteiger partial charge in [0, 0.05) is 19.2 Å². The topological polar surface area (TPSA) is 82.1 Å². The molecule has 0 unspecified atom stereocenters. The van der Waals surface area contributed by atoms with Crippen molar-refractivity contribution in [3.8, 4) is 5.75 Å². The number of phenolic OH excluding ortho intramolecular Hbond substituents is 1. The number of carbonyl (C=O) groups excluding carboxylic acids is 2. The van der Waals surface area contributed by atoms with Gasteiger partial charge < -0.3 is 9.84 Å². The number of aromatic hydroxyl groups is 1. The van der Waals surface area contributed by atoms with Crippen LogP contribution in [0.4, 0.5) is 0 Å². The number of benzene rings is 2. The van der Waals surface area contributed by atoms with Crippen molar-refractivity contribution in [2.75, 3.05) is 20.3 Å². The number of nitrogens with one attached hydrogen (secondary N) is 1. The average molecular weight is 381 g/mol. The first-order valence-corrected chi connectivity index (χ1v) is 9.30. The number of imide groups is 1. The highest BCUT2D eigenvalue weighted by Crippen LogP contribution is 2.42. The SMILES string of the molecule is COCCN1C(=O)[C@H]2[C@@H](c3ccccc3O)NN(Cc3ccccc3)[C@@H]2C1=O. The zero-order valence-electron chi connectivity index (χ0n) is 15.6. The number of hydrogen-bond acceptors (Lipinski definition) is 6. The van der Waals surface area contributed by atoms with Gasteiger partial charge in [0.05, 0.1) is 25.1 Å². The summed E-state index contributed by atoms with van der Waals surface area (Å²) in [4.78, 5) is 27.5. The molecule has 0 spiro atoms. The van der Waals surface area contributed by atoms with Crippen molar-refractivity contribution in [3.05, 3.63) is 65.7 Å². The van der Waals surface area contributed by atoms with Crippen LogP contribution in [0.25, 0.3) is 0 Å². The Balaban J connectivity index is 1.69. The molecule has 0 radical (unpaired) electrons. The van der Waals surface area contributed by atoms with Crippen molar-refractivity contribution >= 4 is 11.8 Å². The molecule has 2 fully saturated rings. The van der Waals surface area contributed by atoms with E-state index in [9.17, 15) is 14.7 Å². The van der Waals surface area contributed by atoms with Crippen LogP contribution in [0.2, 0.25) is 0 Å². The predicted octanol–water partition coefficient (Wildman–Crippen LogP) is 1.45. The molecular weight excluding hydrogens is 358 g/mol. The molecule has 2 heterocycles. The Morgan fingerprint density at radius 2 is 1.75 bits per heavy atom. The molecule has 7 nitrogen and oxygen atoms in total. The quantitative estimate of drug-likeness (QED) is 0.737. The van der Waals surface area contributed by atoms with E-state index < -0.39 is 18.0 Å². The van der Waals surface area contributed by atoms with E-state index in [2.05, 4.69) is 5.43 Å². The number of amides is 2. The summed E-state index contributed by atoms with van der Waals surface area (Å²) >= 11 is 0. The van der Waals surface area contributed by atoms with Gasteiger partial charge >= 0.3 is 0 Å². The van der Waals surface area contributed by atoms with E-state index in [0.717, 1.165) is 5.56 Å². The molecule has 4 rings (SSSR count). The van der Waals surface area contributed by atoms with E-state index in [4.69, 9.17) is 4.74 Å². The number of phenols is 1. The van der Waals surface area contributed by atoms with Gasteiger partial charge in [-0.15, -0.1) is 0 Å². The monoisotopic (exact) mass is 381 g/mol. The Bertz CT molecular complexity index is 873. The van der Waals surface area contributed by atoms with Crippen molar-refractivity contribution in [2.45, 2.75) is 18.6 Å². The van der Waals surface area contributed by atoms with Gasteiger partial charge in [-0.3, -0.25) is 14.5 Å². The first-order chi connectivity index (χ1) is 13.6. The second kappa shape index (κ2) is 7.71. The molecule has 0 bridgehead atoms. The molecule has 2 aliphatic heterocycles. The number of nitrogens with zero attached hydrogens (tertiary/aromatic N) is 2. The van der Waals surface area contributed by atoms with E-state index in [0.29, 0.717) is 18.7 Å². The molecule has 3 atom stereocenters. The minimum atomic E-state index is -0.617. The molecule has 0 aromatic heterocycles. The molecule has 7 heteroatoms. The third kappa shape index (κ3) is 3.17. The lowest BCUT2D eigenvalue weighted by atomic mass is 9.90. The van der Waals surface area contributed by atoms with Crippen LogP contribution in [0.1, 0.15) is 17.2 Å². The third-order valence-corrected chi connectivity index (χ3v) is 5.40. The molecule has 2 N–H and O–H groups in total. The van der Waals surface area contributed by atoms with Crippen LogP contribution in [0, 0.1) is 5.92 Å². The van der Waals surface area contributed by atoms with Gasteiger partial charge in [-0.1, -0.05) is 48.5 Å². The van der Waals surface area contributed by atoms with Crippen LogP contribution in [0.5, 0.6) is 5.75 Å². The lowest BCUT2D eigenvalue weighted by Crippen LogP contribution is -2.45.